The number of hydrogen-bond donors (Lipinski definition) is 2. The molecule has 3 N–H and O–H groups in total. The molecule has 18 heavy (non-hydrogen) atoms. The number of amides is 2. The summed E-state index contributed by atoms with van der Waals surface area (Å²) in [5, 5.41) is 2.52. The van der Waals surface area contributed by atoms with Gasteiger partial charge in [0.2, 0.25) is 11.8 Å². The van der Waals surface area contributed by atoms with Gasteiger partial charge in [-0.15, -0.1) is 0 Å². The summed E-state index contributed by atoms with van der Waals surface area (Å²) in [6, 6.07) is 7.41. The Labute approximate surface area is 106 Å². The zero-order valence-corrected chi connectivity index (χ0v) is 10.6. The van der Waals surface area contributed by atoms with Gasteiger partial charge in [0.15, 0.2) is 0 Å². The van der Waals surface area contributed by atoms with Crippen molar-refractivity contribution >= 4 is 17.5 Å². The molecule has 2 amide bonds. The molecule has 1 heterocycles. The van der Waals surface area contributed by atoms with Gasteiger partial charge in [0.1, 0.15) is 6.54 Å². The van der Waals surface area contributed by atoms with Crippen LogP contribution in [-0.2, 0) is 15.1 Å². The fourth-order valence-corrected chi connectivity index (χ4v) is 1.86. The lowest BCUT2D eigenvalue weighted by Crippen LogP contribution is -2.51. The Morgan fingerprint density at radius 1 is 1.22 bits per heavy atom. The largest absolute Gasteiger partial charge is 0.345 e. The molecule has 96 valence electrons. The quantitative estimate of drug-likeness (QED) is 0.791. The summed E-state index contributed by atoms with van der Waals surface area (Å²) in [5.74, 6) is -0.243. The van der Waals surface area contributed by atoms with Crippen molar-refractivity contribution in [2.24, 2.45) is 5.73 Å². The van der Waals surface area contributed by atoms with Crippen molar-refractivity contribution in [1.29, 1.82) is 0 Å². The highest BCUT2D eigenvalue weighted by atomic mass is 16.2. The molecule has 5 nitrogen and oxygen atoms in total. The molecule has 0 aliphatic carbocycles. The van der Waals surface area contributed by atoms with E-state index < -0.39 is 5.54 Å². The number of hydrogen-bond acceptors (Lipinski definition) is 3. The van der Waals surface area contributed by atoms with E-state index in [0.717, 1.165) is 11.3 Å². The minimum Gasteiger partial charge on any atom is -0.345 e. The number of carbonyl (C=O) groups is 2. The molecular weight excluding hydrogens is 230 g/mol. The molecule has 1 fully saturated rings. The first-order valence-electron chi connectivity index (χ1n) is 5.84. The number of nitrogens with zero attached hydrogens (tertiary/aromatic N) is 1. The van der Waals surface area contributed by atoms with Crippen molar-refractivity contribution in [1.82, 2.24) is 5.32 Å². The summed E-state index contributed by atoms with van der Waals surface area (Å²) >= 11 is 0. The van der Waals surface area contributed by atoms with Crippen LogP contribution in [0.4, 0.5) is 5.69 Å². The number of nitrogens with one attached hydrogen (secondary N) is 1. The lowest BCUT2D eigenvalue weighted by molar-refractivity contribution is -0.128. The van der Waals surface area contributed by atoms with Crippen LogP contribution < -0.4 is 16.0 Å². The number of rotatable bonds is 2. The van der Waals surface area contributed by atoms with E-state index in [4.69, 9.17) is 5.73 Å². The summed E-state index contributed by atoms with van der Waals surface area (Å²) in [4.78, 5) is 24.5. The fraction of sp³-hybridized carbons (Fsp3) is 0.385. The molecule has 0 spiro atoms. The second-order valence-electron chi connectivity index (χ2n) is 5.03. The van der Waals surface area contributed by atoms with Crippen molar-refractivity contribution < 1.29 is 9.59 Å². The third-order valence-electron chi connectivity index (χ3n) is 2.96. The summed E-state index contributed by atoms with van der Waals surface area (Å²) in [7, 11) is 0. The molecule has 1 aromatic rings. The topological polar surface area (TPSA) is 75.4 Å². The van der Waals surface area contributed by atoms with E-state index in [9.17, 15) is 9.59 Å². The Morgan fingerprint density at radius 2 is 1.83 bits per heavy atom. The highest BCUT2D eigenvalue weighted by Crippen LogP contribution is 2.22. The predicted molar refractivity (Wildman–Crippen MR) is 69.0 cm³/mol. The molecule has 0 atom stereocenters. The summed E-state index contributed by atoms with van der Waals surface area (Å²) in [6.07, 6.45) is 0. The van der Waals surface area contributed by atoms with E-state index in [1.165, 1.54) is 4.90 Å². The van der Waals surface area contributed by atoms with Gasteiger partial charge in [-0.2, -0.15) is 0 Å². The Bertz CT molecular complexity index is 474. The zero-order valence-electron chi connectivity index (χ0n) is 10.6. The van der Waals surface area contributed by atoms with E-state index in [2.05, 4.69) is 5.32 Å². The first-order valence-corrected chi connectivity index (χ1v) is 5.84. The molecule has 5 heteroatoms. The standard InChI is InChI=1S/C13H17N3O2/c1-13(2,14)9-3-5-10(6-4-9)16-8-11(17)15-7-12(16)18/h3-6H,7-8,14H2,1-2H3,(H,15,17). The van der Waals surface area contributed by atoms with Crippen LogP contribution in [0.5, 0.6) is 0 Å². The monoisotopic (exact) mass is 247 g/mol. The molecule has 0 saturated carbocycles. The van der Waals surface area contributed by atoms with Gasteiger partial charge in [-0.25, -0.2) is 0 Å². The summed E-state index contributed by atoms with van der Waals surface area (Å²) < 4.78 is 0. The van der Waals surface area contributed by atoms with Crippen molar-refractivity contribution in [3.8, 4) is 0 Å². The predicted octanol–water partition coefficient (Wildman–Crippen LogP) is 0.343. The molecule has 1 aromatic carbocycles. The second-order valence-corrected chi connectivity index (χ2v) is 5.03. The van der Waals surface area contributed by atoms with Gasteiger partial charge in [-0.1, -0.05) is 12.1 Å². The van der Waals surface area contributed by atoms with Gasteiger partial charge in [0.25, 0.3) is 0 Å². The molecule has 1 aliphatic rings. The second kappa shape index (κ2) is 4.42. The summed E-state index contributed by atoms with van der Waals surface area (Å²) in [5.41, 5.74) is 7.29. The van der Waals surface area contributed by atoms with Gasteiger partial charge in [-0.3, -0.25) is 9.59 Å². The van der Waals surface area contributed by atoms with Crippen LogP contribution in [-0.4, -0.2) is 24.9 Å². The average Bonchev–Trinajstić information content (AvgIpc) is 2.31. The Morgan fingerprint density at radius 3 is 2.39 bits per heavy atom. The number of nitrogens with two attached hydrogens (primary N) is 1. The minimum absolute atomic E-state index is 0.0585. The molecule has 2 rings (SSSR count). The average molecular weight is 247 g/mol. The molecule has 0 unspecified atom stereocenters. The maximum absolute atomic E-state index is 11.7. The smallest absolute Gasteiger partial charge is 0.246 e. The van der Waals surface area contributed by atoms with Crippen molar-refractivity contribution in [2.45, 2.75) is 19.4 Å². The number of carbonyl (C=O) groups excluding carboxylic acids is 2. The first-order chi connectivity index (χ1) is 8.38. The zero-order chi connectivity index (χ0) is 13.3. The molecule has 0 bridgehead atoms. The molecule has 1 saturated heterocycles. The Balaban J connectivity index is 2.23. The van der Waals surface area contributed by atoms with Crippen LogP contribution in [0.3, 0.4) is 0 Å². The third kappa shape index (κ3) is 2.51. The molecule has 1 aliphatic heterocycles. The van der Waals surface area contributed by atoms with Crippen LogP contribution in [0.25, 0.3) is 0 Å². The van der Waals surface area contributed by atoms with Crippen LogP contribution in [0.15, 0.2) is 24.3 Å². The molecule has 0 radical (unpaired) electrons. The van der Waals surface area contributed by atoms with Crippen LogP contribution in [0.2, 0.25) is 0 Å². The SMILES string of the molecule is CC(C)(N)c1ccc(N2CC(=O)NCC2=O)cc1. The Hall–Kier alpha value is -1.88. The van der Waals surface area contributed by atoms with E-state index in [1.54, 1.807) is 0 Å². The number of anilines is 1. The molecular formula is C13H17N3O2. The van der Waals surface area contributed by atoms with E-state index in [0.29, 0.717) is 0 Å². The van der Waals surface area contributed by atoms with Crippen molar-refractivity contribution in [3.05, 3.63) is 29.8 Å². The highest BCUT2D eigenvalue weighted by Gasteiger charge is 2.24. The van der Waals surface area contributed by atoms with Crippen LogP contribution >= 0.6 is 0 Å². The fourth-order valence-electron chi connectivity index (χ4n) is 1.86. The maximum atomic E-state index is 11.7. The van der Waals surface area contributed by atoms with E-state index >= 15 is 0 Å². The third-order valence-corrected chi connectivity index (χ3v) is 2.96. The summed E-state index contributed by atoms with van der Waals surface area (Å²) in [6.45, 7) is 3.97. The van der Waals surface area contributed by atoms with E-state index in [-0.39, 0.29) is 24.9 Å². The Kier molecular flexibility index (Phi) is 3.09. The molecule has 0 aromatic heterocycles. The lowest BCUT2D eigenvalue weighted by Gasteiger charge is -2.27. The van der Waals surface area contributed by atoms with Crippen molar-refractivity contribution in [2.75, 3.05) is 18.0 Å². The van der Waals surface area contributed by atoms with Crippen LogP contribution in [0.1, 0.15) is 19.4 Å². The number of piperazine rings is 1. The van der Waals surface area contributed by atoms with Crippen LogP contribution in [0, 0.1) is 0 Å². The maximum Gasteiger partial charge on any atom is 0.246 e. The minimum atomic E-state index is -0.415. The van der Waals surface area contributed by atoms with Gasteiger partial charge < -0.3 is 16.0 Å². The normalized spacial score (nSPS) is 16.7. The van der Waals surface area contributed by atoms with Gasteiger partial charge in [0.05, 0.1) is 6.54 Å². The lowest BCUT2D eigenvalue weighted by atomic mass is 9.95. The van der Waals surface area contributed by atoms with Gasteiger partial charge >= 0.3 is 0 Å². The van der Waals surface area contributed by atoms with Gasteiger partial charge in [-0.05, 0) is 31.5 Å². The van der Waals surface area contributed by atoms with E-state index in [1.807, 2.05) is 38.1 Å². The number of benzene rings is 1. The van der Waals surface area contributed by atoms with Gasteiger partial charge in [0, 0.05) is 11.2 Å². The van der Waals surface area contributed by atoms with Crippen molar-refractivity contribution in [3.63, 3.8) is 0 Å². The highest BCUT2D eigenvalue weighted by molar-refractivity contribution is 6.04. The first kappa shape index (κ1) is 12.6.